The van der Waals surface area contributed by atoms with E-state index in [2.05, 4.69) is 28.1 Å². The summed E-state index contributed by atoms with van der Waals surface area (Å²) in [6.45, 7) is 2.39. The maximum absolute atomic E-state index is 6.18. The number of hydrogen-bond donors (Lipinski definition) is 1. The molecule has 29 heavy (non-hydrogen) atoms. The van der Waals surface area contributed by atoms with Crippen LogP contribution in [0.25, 0.3) is 11.0 Å². The van der Waals surface area contributed by atoms with Crippen LogP contribution in [0.2, 0.25) is 5.02 Å². The number of nitrogens with one attached hydrogen (secondary N) is 1. The highest BCUT2D eigenvalue weighted by atomic mass is 35.5. The molecular formula is C23H20ClN3O2. The van der Waals surface area contributed by atoms with Gasteiger partial charge in [0.05, 0.1) is 17.6 Å². The molecule has 1 N–H and O–H groups in total. The van der Waals surface area contributed by atoms with Crippen molar-refractivity contribution in [2.24, 2.45) is 0 Å². The lowest BCUT2D eigenvalue weighted by Gasteiger charge is -2.11. The molecule has 0 atom stereocenters. The smallest absolute Gasteiger partial charge is 0.231 e. The number of fused-ring (bicyclic) bond motifs is 2. The van der Waals surface area contributed by atoms with Gasteiger partial charge >= 0.3 is 0 Å². The average Bonchev–Trinajstić information content (AvgIpc) is 3.33. The maximum Gasteiger partial charge on any atom is 0.231 e. The summed E-state index contributed by atoms with van der Waals surface area (Å²) in [5, 5.41) is 4.25. The van der Waals surface area contributed by atoms with E-state index in [1.54, 1.807) is 0 Å². The van der Waals surface area contributed by atoms with Crippen LogP contribution < -0.4 is 14.8 Å². The Kier molecular flexibility index (Phi) is 4.84. The monoisotopic (exact) mass is 405 g/mol. The number of para-hydroxylation sites is 2. The van der Waals surface area contributed by atoms with Gasteiger partial charge in [0.2, 0.25) is 6.79 Å². The van der Waals surface area contributed by atoms with E-state index < -0.39 is 0 Å². The fourth-order valence-corrected chi connectivity index (χ4v) is 3.84. The highest BCUT2D eigenvalue weighted by molar-refractivity contribution is 6.30. The van der Waals surface area contributed by atoms with Gasteiger partial charge in [-0.15, -0.1) is 0 Å². The van der Waals surface area contributed by atoms with Gasteiger partial charge in [0.15, 0.2) is 11.5 Å². The molecule has 3 aromatic carbocycles. The molecule has 6 heteroatoms. The highest BCUT2D eigenvalue weighted by Gasteiger charge is 2.14. The van der Waals surface area contributed by atoms with E-state index >= 15 is 0 Å². The second-order valence-corrected chi connectivity index (χ2v) is 7.46. The largest absolute Gasteiger partial charge is 0.454 e. The summed E-state index contributed by atoms with van der Waals surface area (Å²) in [6.07, 6.45) is 0. The van der Waals surface area contributed by atoms with E-state index in [0.717, 1.165) is 57.6 Å². The molecule has 0 bridgehead atoms. The molecule has 5 rings (SSSR count). The zero-order chi connectivity index (χ0) is 19.6. The first-order valence-electron chi connectivity index (χ1n) is 9.54. The Labute approximate surface area is 173 Å². The van der Waals surface area contributed by atoms with Crippen LogP contribution >= 0.6 is 11.6 Å². The molecule has 0 unspecified atom stereocenters. The summed E-state index contributed by atoms with van der Waals surface area (Å²) in [6, 6.07) is 22.2. The lowest BCUT2D eigenvalue weighted by atomic mass is 10.2. The number of ether oxygens (including phenoxy) is 2. The Bertz CT molecular complexity index is 1170. The molecule has 1 aromatic heterocycles. The van der Waals surface area contributed by atoms with Gasteiger partial charge in [-0.3, -0.25) is 0 Å². The van der Waals surface area contributed by atoms with Gasteiger partial charge in [0.25, 0.3) is 0 Å². The molecular weight excluding hydrogens is 386 g/mol. The van der Waals surface area contributed by atoms with Gasteiger partial charge in [-0.2, -0.15) is 0 Å². The molecule has 146 valence electrons. The predicted molar refractivity (Wildman–Crippen MR) is 113 cm³/mol. The van der Waals surface area contributed by atoms with Crippen molar-refractivity contribution < 1.29 is 9.47 Å². The van der Waals surface area contributed by atoms with Gasteiger partial charge in [0.1, 0.15) is 5.82 Å². The van der Waals surface area contributed by atoms with Crippen molar-refractivity contribution >= 4 is 22.6 Å². The number of hydrogen-bond acceptors (Lipinski definition) is 4. The highest BCUT2D eigenvalue weighted by Crippen LogP contribution is 2.32. The molecule has 1 aliphatic rings. The van der Waals surface area contributed by atoms with Crippen molar-refractivity contribution in [3.05, 3.63) is 88.7 Å². The molecule has 0 radical (unpaired) electrons. The molecule has 0 aliphatic carbocycles. The van der Waals surface area contributed by atoms with Gasteiger partial charge < -0.3 is 19.4 Å². The van der Waals surface area contributed by atoms with Gasteiger partial charge in [-0.05, 0) is 47.5 Å². The standard InChI is InChI=1S/C23H20ClN3O2/c24-18-5-3-4-17(10-18)14-27-20-7-2-1-6-19(20)26-23(27)13-25-12-16-8-9-21-22(11-16)29-15-28-21/h1-11,25H,12-15H2. The molecule has 0 spiro atoms. The van der Waals surface area contributed by atoms with Crippen molar-refractivity contribution in [1.82, 2.24) is 14.9 Å². The number of nitrogens with zero attached hydrogens (tertiary/aromatic N) is 2. The summed E-state index contributed by atoms with van der Waals surface area (Å²) in [7, 11) is 0. The number of aromatic nitrogens is 2. The van der Waals surface area contributed by atoms with Gasteiger partial charge in [0, 0.05) is 18.1 Å². The van der Waals surface area contributed by atoms with Crippen LogP contribution in [0.4, 0.5) is 0 Å². The van der Waals surface area contributed by atoms with E-state index in [0.29, 0.717) is 13.3 Å². The number of halogens is 1. The third-order valence-corrected chi connectivity index (χ3v) is 5.25. The Morgan fingerprint density at radius 3 is 2.72 bits per heavy atom. The van der Waals surface area contributed by atoms with Crippen LogP contribution in [-0.4, -0.2) is 16.3 Å². The van der Waals surface area contributed by atoms with Crippen molar-refractivity contribution in [1.29, 1.82) is 0 Å². The van der Waals surface area contributed by atoms with Crippen LogP contribution in [0, 0.1) is 0 Å². The molecule has 0 fully saturated rings. The van der Waals surface area contributed by atoms with E-state index in [1.807, 2.05) is 48.5 Å². The van der Waals surface area contributed by atoms with Gasteiger partial charge in [-0.1, -0.05) is 41.9 Å². The Morgan fingerprint density at radius 1 is 0.897 bits per heavy atom. The topological polar surface area (TPSA) is 48.3 Å². The summed E-state index contributed by atoms with van der Waals surface area (Å²) in [5.74, 6) is 2.60. The Balaban J connectivity index is 1.36. The van der Waals surface area contributed by atoms with Crippen molar-refractivity contribution in [3.8, 4) is 11.5 Å². The molecule has 4 aromatic rings. The molecule has 0 saturated heterocycles. The third-order valence-electron chi connectivity index (χ3n) is 5.01. The van der Waals surface area contributed by atoms with Crippen molar-refractivity contribution in [2.75, 3.05) is 6.79 Å². The summed E-state index contributed by atoms with van der Waals surface area (Å²) >= 11 is 6.18. The number of benzene rings is 3. The third kappa shape index (κ3) is 3.79. The van der Waals surface area contributed by atoms with Crippen molar-refractivity contribution in [3.63, 3.8) is 0 Å². The summed E-state index contributed by atoms with van der Waals surface area (Å²) in [4.78, 5) is 4.84. The SMILES string of the molecule is Clc1cccc(Cn2c(CNCc3ccc4c(c3)OCO4)nc3ccccc32)c1. The average molecular weight is 406 g/mol. The van der Waals surface area contributed by atoms with Crippen LogP contribution in [0.1, 0.15) is 17.0 Å². The summed E-state index contributed by atoms with van der Waals surface area (Å²) < 4.78 is 13.1. The quantitative estimate of drug-likeness (QED) is 0.502. The minimum Gasteiger partial charge on any atom is -0.454 e. The zero-order valence-electron chi connectivity index (χ0n) is 15.8. The number of imidazole rings is 1. The lowest BCUT2D eigenvalue weighted by Crippen LogP contribution is -2.17. The second-order valence-electron chi connectivity index (χ2n) is 7.02. The zero-order valence-corrected chi connectivity index (χ0v) is 16.5. The Morgan fingerprint density at radius 2 is 1.79 bits per heavy atom. The molecule has 0 amide bonds. The van der Waals surface area contributed by atoms with Crippen LogP contribution in [-0.2, 0) is 19.6 Å². The fourth-order valence-electron chi connectivity index (χ4n) is 3.62. The first-order valence-corrected chi connectivity index (χ1v) is 9.92. The first kappa shape index (κ1) is 18.0. The lowest BCUT2D eigenvalue weighted by molar-refractivity contribution is 0.174. The minimum atomic E-state index is 0.291. The van der Waals surface area contributed by atoms with E-state index in [4.69, 9.17) is 26.1 Å². The van der Waals surface area contributed by atoms with E-state index in [1.165, 1.54) is 0 Å². The first-order chi connectivity index (χ1) is 14.3. The fraction of sp³-hybridized carbons (Fsp3) is 0.174. The van der Waals surface area contributed by atoms with Crippen LogP contribution in [0.3, 0.4) is 0 Å². The molecule has 1 aliphatic heterocycles. The normalized spacial score (nSPS) is 12.6. The molecule has 0 saturated carbocycles. The van der Waals surface area contributed by atoms with Crippen molar-refractivity contribution in [2.45, 2.75) is 19.6 Å². The van der Waals surface area contributed by atoms with Crippen LogP contribution in [0.15, 0.2) is 66.7 Å². The maximum atomic E-state index is 6.18. The minimum absolute atomic E-state index is 0.291. The van der Waals surface area contributed by atoms with Gasteiger partial charge in [-0.25, -0.2) is 4.98 Å². The van der Waals surface area contributed by atoms with E-state index in [9.17, 15) is 0 Å². The van der Waals surface area contributed by atoms with Crippen LogP contribution in [0.5, 0.6) is 11.5 Å². The molecule has 2 heterocycles. The second kappa shape index (κ2) is 7.78. The number of rotatable bonds is 6. The predicted octanol–water partition coefficient (Wildman–Crippen LogP) is 4.76. The summed E-state index contributed by atoms with van der Waals surface area (Å²) in [5.41, 5.74) is 4.41. The Hall–Kier alpha value is -3.02. The molecule has 5 nitrogen and oxygen atoms in total. The van der Waals surface area contributed by atoms with E-state index in [-0.39, 0.29) is 0 Å².